The zero-order valence-corrected chi connectivity index (χ0v) is 12.2. The summed E-state index contributed by atoms with van der Waals surface area (Å²) in [5.41, 5.74) is 0. The van der Waals surface area contributed by atoms with Crippen molar-refractivity contribution in [1.29, 1.82) is 0 Å². The SMILES string of the molecule is CC(C)Nc1cc(NC(C)C)nc(NC(C)C)n1. The zero-order chi connectivity index (χ0) is 13.7. The molecule has 1 aromatic heterocycles. The van der Waals surface area contributed by atoms with Crippen LogP contribution in [0.15, 0.2) is 6.07 Å². The molecule has 1 rings (SSSR count). The van der Waals surface area contributed by atoms with E-state index in [0.29, 0.717) is 24.1 Å². The highest BCUT2D eigenvalue weighted by atomic mass is 15.2. The van der Waals surface area contributed by atoms with Crippen LogP contribution in [0.3, 0.4) is 0 Å². The molecule has 0 aromatic carbocycles. The predicted molar refractivity (Wildman–Crippen MR) is 78.3 cm³/mol. The summed E-state index contributed by atoms with van der Waals surface area (Å²) < 4.78 is 0. The van der Waals surface area contributed by atoms with Gasteiger partial charge in [-0.1, -0.05) is 0 Å². The first-order valence-corrected chi connectivity index (χ1v) is 6.55. The predicted octanol–water partition coefficient (Wildman–Crippen LogP) is 2.94. The third-order valence-corrected chi connectivity index (χ3v) is 2.02. The largest absolute Gasteiger partial charge is 0.368 e. The summed E-state index contributed by atoms with van der Waals surface area (Å²) in [5, 5.41) is 9.83. The van der Waals surface area contributed by atoms with Crippen molar-refractivity contribution in [3.05, 3.63) is 6.07 Å². The second-order valence-electron chi connectivity index (χ2n) is 5.36. The van der Waals surface area contributed by atoms with Gasteiger partial charge in [-0.2, -0.15) is 9.97 Å². The molecule has 0 spiro atoms. The van der Waals surface area contributed by atoms with Crippen LogP contribution in [0.4, 0.5) is 17.6 Å². The lowest BCUT2D eigenvalue weighted by molar-refractivity contribution is 0.852. The van der Waals surface area contributed by atoms with E-state index in [2.05, 4.69) is 67.5 Å². The van der Waals surface area contributed by atoms with Gasteiger partial charge in [0.25, 0.3) is 0 Å². The first-order valence-electron chi connectivity index (χ1n) is 6.55. The van der Waals surface area contributed by atoms with E-state index in [1.165, 1.54) is 0 Å². The number of rotatable bonds is 6. The molecule has 0 aliphatic rings. The number of nitrogens with zero attached hydrogens (tertiary/aromatic N) is 2. The first-order chi connectivity index (χ1) is 8.36. The lowest BCUT2D eigenvalue weighted by atomic mass is 10.3. The Morgan fingerprint density at radius 3 is 1.44 bits per heavy atom. The molecule has 18 heavy (non-hydrogen) atoms. The molecule has 0 amide bonds. The second-order valence-corrected chi connectivity index (χ2v) is 5.36. The van der Waals surface area contributed by atoms with Crippen LogP contribution in [0.25, 0.3) is 0 Å². The van der Waals surface area contributed by atoms with Crippen molar-refractivity contribution in [3.8, 4) is 0 Å². The molecular formula is C13H25N5. The normalized spacial score (nSPS) is 11.2. The van der Waals surface area contributed by atoms with Crippen molar-refractivity contribution in [2.24, 2.45) is 0 Å². The second kappa shape index (κ2) is 6.42. The zero-order valence-electron chi connectivity index (χ0n) is 12.2. The van der Waals surface area contributed by atoms with Crippen LogP contribution in [-0.2, 0) is 0 Å². The van der Waals surface area contributed by atoms with Gasteiger partial charge in [0.15, 0.2) is 0 Å². The van der Waals surface area contributed by atoms with Gasteiger partial charge in [-0.3, -0.25) is 0 Å². The molecule has 102 valence electrons. The molecular weight excluding hydrogens is 226 g/mol. The molecule has 0 saturated carbocycles. The third-order valence-electron chi connectivity index (χ3n) is 2.02. The quantitative estimate of drug-likeness (QED) is 0.725. The van der Waals surface area contributed by atoms with Crippen LogP contribution in [0.5, 0.6) is 0 Å². The van der Waals surface area contributed by atoms with Gasteiger partial charge in [-0.05, 0) is 41.5 Å². The monoisotopic (exact) mass is 251 g/mol. The summed E-state index contributed by atoms with van der Waals surface area (Å²) in [6.45, 7) is 12.5. The summed E-state index contributed by atoms with van der Waals surface area (Å²) in [6, 6.07) is 2.94. The standard InChI is InChI=1S/C13H25N5/c1-8(2)14-11-7-12(15-9(3)4)18-13(17-11)16-10(5)6/h7-10H,1-6H3,(H3,14,15,16,17,18). The molecule has 0 saturated heterocycles. The summed E-state index contributed by atoms with van der Waals surface area (Å²) >= 11 is 0. The Balaban J connectivity index is 2.95. The molecule has 1 heterocycles. The first kappa shape index (κ1) is 14.5. The fraction of sp³-hybridized carbons (Fsp3) is 0.692. The van der Waals surface area contributed by atoms with E-state index < -0.39 is 0 Å². The molecule has 5 heteroatoms. The Morgan fingerprint density at radius 1 is 0.722 bits per heavy atom. The van der Waals surface area contributed by atoms with Crippen molar-refractivity contribution in [3.63, 3.8) is 0 Å². The lowest BCUT2D eigenvalue weighted by Gasteiger charge is -2.16. The molecule has 0 unspecified atom stereocenters. The van der Waals surface area contributed by atoms with Crippen LogP contribution in [-0.4, -0.2) is 28.1 Å². The Kier molecular flexibility index (Phi) is 5.19. The Labute approximate surface area is 110 Å². The van der Waals surface area contributed by atoms with E-state index in [0.717, 1.165) is 11.6 Å². The maximum absolute atomic E-state index is 4.45. The number of anilines is 3. The molecule has 3 N–H and O–H groups in total. The maximum Gasteiger partial charge on any atom is 0.226 e. The van der Waals surface area contributed by atoms with Crippen LogP contribution < -0.4 is 16.0 Å². The maximum atomic E-state index is 4.45. The number of hydrogen-bond acceptors (Lipinski definition) is 5. The van der Waals surface area contributed by atoms with Gasteiger partial charge in [-0.25, -0.2) is 0 Å². The van der Waals surface area contributed by atoms with Crippen molar-refractivity contribution in [2.75, 3.05) is 16.0 Å². The van der Waals surface area contributed by atoms with Crippen molar-refractivity contribution in [1.82, 2.24) is 9.97 Å². The molecule has 0 aliphatic heterocycles. The van der Waals surface area contributed by atoms with Gasteiger partial charge < -0.3 is 16.0 Å². The minimum absolute atomic E-state index is 0.311. The highest BCUT2D eigenvalue weighted by Gasteiger charge is 2.07. The van der Waals surface area contributed by atoms with Gasteiger partial charge in [0.2, 0.25) is 5.95 Å². The molecule has 0 atom stereocenters. The Bertz CT molecular complexity index is 304. The fourth-order valence-corrected chi connectivity index (χ4v) is 1.51. The van der Waals surface area contributed by atoms with Crippen molar-refractivity contribution in [2.45, 2.75) is 59.7 Å². The van der Waals surface area contributed by atoms with E-state index in [1.54, 1.807) is 0 Å². The molecule has 0 radical (unpaired) electrons. The minimum atomic E-state index is 0.311. The van der Waals surface area contributed by atoms with Crippen molar-refractivity contribution < 1.29 is 0 Å². The summed E-state index contributed by atoms with van der Waals surface area (Å²) in [6.07, 6.45) is 0. The number of aromatic nitrogens is 2. The minimum Gasteiger partial charge on any atom is -0.368 e. The van der Waals surface area contributed by atoms with Crippen LogP contribution in [0, 0.1) is 0 Å². The van der Waals surface area contributed by atoms with Gasteiger partial charge >= 0.3 is 0 Å². The van der Waals surface area contributed by atoms with Gasteiger partial charge in [0.1, 0.15) is 11.6 Å². The summed E-state index contributed by atoms with van der Waals surface area (Å²) in [5.74, 6) is 2.33. The Morgan fingerprint density at radius 2 is 1.11 bits per heavy atom. The molecule has 0 fully saturated rings. The van der Waals surface area contributed by atoms with Crippen LogP contribution in [0.2, 0.25) is 0 Å². The average molecular weight is 251 g/mol. The van der Waals surface area contributed by atoms with Crippen LogP contribution in [0.1, 0.15) is 41.5 Å². The van der Waals surface area contributed by atoms with E-state index in [-0.39, 0.29) is 0 Å². The third kappa shape index (κ3) is 5.21. The smallest absolute Gasteiger partial charge is 0.226 e. The number of nitrogens with one attached hydrogen (secondary N) is 3. The Hall–Kier alpha value is -1.52. The van der Waals surface area contributed by atoms with Crippen molar-refractivity contribution >= 4 is 17.6 Å². The molecule has 5 nitrogen and oxygen atoms in total. The molecule has 0 aliphatic carbocycles. The topological polar surface area (TPSA) is 61.9 Å². The lowest BCUT2D eigenvalue weighted by Crippen LogP contribution is -2.18. The van der Waals surface area contributed by atoms with Gasteiger partial charge in [0.05, 0.1) is 0 Å². The highest BCUT2D eigenvalue weighted by Crippen LogP contribution is 2.16. The van der Waals surface area contributed by atoms with E-state index in [1.807, 2.05) is 6.07 Å². The van der Waals surface area contributed by atoms with E-state index >= 15 is 0 Å². The number of hydrogen-bond donors (Lipinski definition) is 3. The van der Waals surface area contributed by atoms with Gasteiger partial charge in [-0.15, -0.1) is 0 Å². The highest BCUT2D eigenvalue weighted by molar-refractivity contribution is 5.52. The van der Waals surface area contributed by atoms with Gasteiger partial charge in [0, 0.05) is 24.2 Å². The summed E-state index contributed by atoms with van der Waals surface area (Å²) in [7, 11) is 0. The van der Waals surface area contributed by atoms with E-state index in [4.69, 9.17) is 0 Å². The summed E-state index contributed by atoms with van der Waals surface area (Å²) in [4.78, 5) is 8.90. The molecule has 0 bridgehead atoms. The average Bonchev–Trinajstić information content (AvgIpc) is 2.12. The fourth-order valence-electron chi connectivity index (χ4n) is 1.51. The molecule has 1 aromatic rings. The van der Waals surface area contributed by atoms with Crippen LogP contribution >= 0.6 is 0 Å². The van der Waals surface area contributed by atoms with E-state index in [9.17, 15) is 0 Å².